The summed E-state index contributed by atoms with van der Waals surface area (Å²) in [6, 6.07) is 0.319. The zero-order chi connectivity index (χ0) is 12.2. The summed E-state index contributed by atoms with van der Waals surface area (Å²) in [6.45, 7) is 6.03. The summed E-state index contributed by atoms with van der Waals surface area (Å²) in [5.41, 5.74) is 5.83. The molecule has 0 radical (unpaired) electrons. The van der Waals surface area contributed by atoms with Crippen molar-refractivity contribution in [3.63, 3.8) is 0 Å². The second kappa shape index (κ2) is 5.67. The molecule has 2 unspecified atom stereocenters. The number of nitrogens with one attached hydrogen (secondary N) is 1. The maximum Gasteiger partial charge on any atom is 0.225 e. The van der Waals surface area contributed by atoms with Crippen LogP contribution < -0.4 is 11.1 Å². The number of nitrogens with two attached hydrogens (primary N) is 1. The Kier molecular flexibility index (Phi) is 4.78. The lowest BCUT2D eigenvalue weighted by molar-refractivity contribution is -0.130. The molecular formula is C13H26N2O. The third kappa shape index (κ3) is 3.48. The predicted octanol–water partition coefficient (Wildman–Crippen LogP) is 2.20. The third-order valence-corrected chi connectivity index (χ3v) is 3.88. The van der Waals surface area contributed by atoms with Crippen LogP contribution in [0.15, 0.2) is 0 Å². The summed E-state index contributed by atoms with van der Waals surface area (Å²) >= 11 is 0. The molecule has 1 saturated carbocycles. The fourth-order valence-electron chi connectivity index (χ4n) is 2.04. The van der Waals surface area contributed by atoms with Gasteiger partial charge in [0.1, 0.15) is 0 Å². The van der Waals surface area contributed by atoms with Gasteiger partial charge < -0.3 is 11.1 Å². The van der Waals surface area contributed by atoms with Crippen molar-refractivity contribution in [2.75, 3.05) is 0 Å². The molecule has 3 nitrogen and oxygen atoms in total. The number of hydrogen-bond donors (Lipinski definition) is 2. The second-order valence-corrected chi connectivity index (χ2v) is 5.62. The lowest BCUT2D eigenvalue weighted by Crippen LogP contribution is -2.50. The first-order valence-electron chi connectivity index (χ1n) is 6.54. The van der Waals surface area contributed by atoms with Gasteiger partial charge in [-0.05, 0) is 19.3 Å². The summed E-state index contributed by atoms with van der Waals surface area (Å²) in [4.78, 5) is 12.1. The monoisotopic (exact) mass is 226 g/mol. The molecule has 0 bridgehead atoms. The standard InChI is InChI=1S/C13H26N2O/c1-4-13(2,3)12(16)15-11-9-7-5-6-8-10(11)14/h10-11H,4-9,14H2,1-3H3,(H,15,16). The van der Waals surface area contributed by atoms with E-state index in [-0.39, 0.29) is 23.4 Å². The van der Waals surface area contributed by atoms with E-state index in [0.717, 1.165) is 19.3 Å². The van der Waals surface area contributed by atoms with Crippen LogP contribution in [0.3, 0.4) is 0 Å². The van der Waals surface area contributed by atoms with Crippen LogP contribution in [0.4, 0.5) is 0 Å². The van der Waals surface area contributed by atoms with Crippen molar-refractivity contribution in [2.45, 2.75) is 71.4 Å². The number of rotatable bonds is 3. The lowest BCUT2D eigenvalue weighted by Gasteiger charge is -2.28. The SMILES string of the molecule is CCC(C)(C)C(=O)NC1CCCCCC1N. The Balaban J connectivity index is 2.54. The maximum absolute atomic E-state index is 12.1. The third-order valence-electron chi connectivity index (χ3n) is 3.88. The molecule has 1 rings (SSSR count). The molecule has 1 fully saturated rings. The Labute approximate surface area is 99.2 Å². The Bertz CT molecular complexity index is 238. The normalized spacial score (nSPS) is 27.2. The van der Waals surface area contributed by atoms with Crippen molar-refractivity contribution in [1.29, 1.82) is 0 Å². The van der Waals surface area contributed by atoms with Gasteiger partial charge in [-0.25, -0.2) is 0 Å². The van der Waals surface area contributed by atoms with Crippen LogP contribution in [-0.4, -0.2) is 18.0 Å². The van der Waals surface area contributed by atoms with E-state index in [1.165, 1.54) is 19.3 Å². The molecule has 3 N–H and O–H groups in total. The Morgan fingerprint density at radius 2 is 1.94 bits per heavy atom. The molecule has 0 aromatic heterocycles. The van der Waals surface area contributed by atoms with Gasteiger partial charge >= 0.3 is 0 Å². The topological polar surface area (TPSA) is 55.1 Å². The van der Waals surface area contributed by atoms with Gasteiger partial charge in [-0.1, -0.05) is 40.0 Å². The van der Waals surface area contributed by atoms with Crippen LogP contribution >= 0.6 is 0 Å². The highest BCUT2D eigenvalue weighted by molar-refractivity contribution is 5.82. The van der Waals surface area contributed by atoms with E-state index in [4.69, 9.17) is 5.73 Å². The van der Waals surface area contributed by atoms with E-state index in [1.54, 1.807) is 0 Å². The highest BCUT2D eigenvalue weighted by Crippen LogP contribution is 2.22. The van der Waals surface area contributed by atoms with Gasteiger partial charge in [-0.15, -0.1) is 0 Å². The molecule has 3 heteroatoms. The highest BCUT2D eigenvalue weighted by atomic mass is 16.2. The molecule has 94 valence electrons. The minimum atomic E-state index is -0.272. The Morgan fingerprint density at radius 1 is 1.31 bits per heavy atom. The molecule has 1 aliphatic rings. The molecular weight excluding hydrogens is 200 g/mol. The summed E-state index contributed by atoms with van der Waals surface area (Å²) < 4.78 is 0. The number of amides is 1. The molecule has 1 aliphatic carbocycles. The van der Waals surface area contributed by atoms with Crippen LogP contribution in [-0.2, 0) is 4.79 Å². The van der Waals surface area contributed by atoms with Gasteiger partial charge in [0.2, 0.25) is 5.91 Å². The van der Waals surface area contributed by atoms with Gasteiger partial charge in [0.25, 0.3) is 0 Å². The summed E-state index contributed by atoms with van der Waals surface area (Å²) in [7, 11) is 0. The van der Waals surface area contributed by atoms with Gasteiger partial charge in [0.05, 0.1) is 0 Å². The van der Waals surface area contributed by atoms with Crippen LogP contribution in [0.25, 0.3) is 0 Å². The number of carbonyl (C=O) groups is 1. The smallest absolute Gasteiger partial charge is 0.225 e. The van der Waals surface area contributed by atoms with Crippen LogP contribution in [0.2, 0.25) is 0 Å². The summed E-state index contributed by atoms with van der Waals surface area (Å²) in [6.07, 6.45) is 6.57. The second-order valence-electron chi connectivity index (χ2n) is 5.62. The van der Waals surface area contributed by atoms with Gasteiger partial charge in [-0.3, -0.25) is 4.79 Å². The average molecular weight is 226 g/mol. The molecule has 0 heterocycles. The van der Waals surface area contributed by atoms with Crippen molar-refractivity contribution >= 4 is 5.91 Å². The quantitative estimate of drug-likeness (QED) is 0.725. The molecule has 1 amide bonds. The van der Waals surface area contributed by atoms with Crippen LogP contribution in [0.1, 0.15) is 59.3 Å². The van der Waals surface area contributed by atoms with E-state index in [1.807, 2.05) is 20.8 Å². The number of hydrogen-bond acceptors (Lipinski definition) is 2. The van der Waals surface area contributed by atoms with E-state index >= 15 is 0 Å². The molecule has 0 saturated heterocycles. The highest BCUT2D eigenvalue weighted by Gasteiger charge is 2.29. The fourth-order valence-corrected chi connectivity index (χ4v) is 2.04. The minimum absolute atomic E-state index is 0.138. The van der Waals surface area contributed by atoms with Crippen molar-refractivity contribution in [3.05, 3.63) is 0 Å². The lowest BCUT2D eigenvalue weighted by atomic mass is 9.88. The zero-order valence-corrected chi connectivity index (χ0v) is 10.9. The van der Waals surface area contributed by atoms with Crippen molar-refractivity contribution in [1.82, 2.24) is 5.32 Å². The number of carbonyl (C=O) groups excluding carboxylic acids is 1. The van der Waals surface area contributed by atoms with Crippen molar-refractivity contribution in [2.24, 2.45) is 11.1 Å². The molecule has 0 aromatic carbocycles. The first-order chi connectivity index (χ1) is 7.47. The van der Waals surface area contributed by atoms with E-state index in [2.05, 4.69) is 5.32 Å². The van der Waals surface area contributed by atoms with Gasteiger partial charge in [0, 0.05) is 17.5 Å². The average Bonchev–Trinajstić information content (AvgIpc) is 2.44. The molecule has 0 aliphatic heterocycles. The minimum Gasteiger partial charge on any atom is -0.351 e. The van der Waals surface area contributed by atoms with Gasteiger partial charge in [0.15, 0.2) is 0 Å². The van der Waals surface area contributed by atoms with Crippen molar-refractivity contribution in [3.8, 4) is 0 Å². The van der Waals surface area contributed by atoms with Crippen LogP contribution in [0.5, 0.6) is 0 Å². The first-order valence-corrected chi connectivity index (χ1v) is 6.54. The molecule has 0 aromatic rings. The predicted molar refractivity (Wildman–Crippen MR) is 67.1 cm³/mol. The Hall–Kier alpha value is -0.570. The van der Waals surface area contributed by atoms with Crippen molar-refractivity contribution < 1.29 is 4.79 Å². The molecule has 16 heavy (non-hydrogen) atoms. The van der Waals surface area contributed by atoms with E-state index in [0.29, 0.717) is 0 Å². The Morgan fingerprint density at radius 3 is 2.56 bits per heavy atom. The molecule has 2 atom stereocenters. The van der Waals surface area contributed by atoms with Gasteiger partial charge in [-0.2, -0.15) is 0 Å². The van der Waals surface area contributed by atoms with Crippen LogP contribution in [0, 0.1) is 5.41 Å². The molecule has 0 spiro atoms. The zero-order valence-electron chi connectivity index (χ0n) is 10.9. The largest absolute Gasteiger partial charge is 0.351 e. The summed E-state index contributed by atoms with van der Waals surface area (Å²) in [5, 5.41) is 3.14. The van der Waals surface area contributed by atoms with E-state index < -0.39 is 0 Å². The summed E-state index contributed by atoms with van der Waals surface area (Å²) in [5.74, 6) is 0.150. The fraction of sp³-hybridized carbons (Fsp3) is 0.923. The first kappa shape index (κ1) is 13.5. The van der Waals surface area contributed by atoms with E-state index in [9.17, 15) is 4.79 Å². The maximum atomic E-state index is 12.1.